The number of piperidine rings is 1. The molecule has 126 valence electrons. The highest BCUT2D eigenvalue weighted by molar-refractivity contribution is 7.89. The van der Waals surface area contributed by atoms with Crippen LogP contribution in [0.1, 0.15) is 18.4 Å². The van der Waals surface area contributed by atoms with E-state index in [0.29, 0.717) is 25.0 Å². The van der Waals surface area contributed by atoms with Gasteiger partial charge in [0.25, 0.3) is 0 Å². The zero-order valence-corrected chi connectivity index (χ0v) is 12.9. The number of nitrogens with two attached hydrogens (primary N) is 1. The van der Waals surface area contributed by atoms with Crippen LogP contribution in [0.2, 0.25) is 0 Å². The maximum atomic E-state index is 13.0. The Balaban J connectivity index is 0.00000242. The highest BCUT2D eigenvalue weighted by atomic mass is 35.5. The van der Waals surface area contributed by atoms with Crippen molar-refractivity contribution in [2.24, 2.45) is 5.73 Å². The highest BCUT2D eigenvalue weighted by Crippen LogP contribution is 2.36. The summed E-state index contributed by atoms with van der Waals surface area (Å²) >= 11 is 0. The molecular formula is C12H15ClF4N2O2S. The maximum absolute atomic E-state index is 13.0. The van der Waals surface area contributed by atoms with Gasteiger partial charge < -0.3 is 5.73 Å². The fourth-order valence-electron chi connectivity index (χ4n) is 2.20. The van der Waals surface area contributed by atoms with E-state index < -0.39 is 32.5 Å². The van der Waals surface area contributed by atoms with E-state index in [9.17, 15) is 26.0 Å². The molecule has 4 nitrogen and oxygen atoms in total. The summed E-state index contributed by atoms with van der Waals surface area (Å²) < 4.78 is 77.4. The van der Waals surface area contributed by atoms with Crippen molar-refractivity contribution < 1.29 is 26.0 Å². The lowest BCUT2D eigenvalue weighted by Gasteiger charge is -2.30. The first kappa shape index (κ1) is 19.1. The molecule has 1 saturated heterocycles. The normalized spacial score (nSPS) is 18.0. The van der Waals surface area contributed by atoms with Crippen LogP contribution < -0.4 is 5.73 Å². The molecule has 0 atom stereocenters. The minimum atomic E-state index is -4.95. The molecule has 0 amide bonds. The molecule has 1 aliphatic rings. The number of sulfonamides is 1. The second kappa shape index (κ2) is 6.69. The fraction of sp³-hybridized carbons (Fsp3) is 0.500. The quantitative estimate of drug-likeness (QED) is 0.822. The number of halogens is 5. The van der Waals surface area contributed by atoms with E-state index in [0.717, 1.165) is 4.31 Å². The summed E-state index contributed by atoms with van der Waals surface area (Å²) in [6.45, 7) is 0.107. The smallest absolute Gasteiger partial charge is 0.328 e. The molecule has 22 heavy (non-hydrogen) atoms. The van der Waals surface area contributed by atoms with Gasteiger partial charge in [-0.1, -0.05) is 0 Å². The predicted octanol–water partition coefficient (Wildman–Crippen LogP) is 2.38. The topological polar surface area (TPSA) is 63.4 Å². The zero-order valence-electron chi connectivity index (χ0n) is 11.3. The zero-order chi connectivity index (χ0) is 15.8. The monoisotopic (exact) mass is 362 g/mol. The van der Waals surface area contributed by atoms with Crippen LogP contribution >= 0.6 is 12.4 Å². The Labute approximate surface area is 131 Å². The van der Waals surface area contributed by atoms with Gasteiger partial charge >= 0.3 is 6.18 Å². The van der Waals surface area contributed by atoms with Gasteiger partial charge in [-0.2, -0.15) is 17.5 Å². The van der Waals surface area contributed by atoms with Crippen molar-refractivity contribution in [3.05, 3.63) is 29.6 Å². The number of hydrogen-bond donors (Lipinski definition) is 1. The Hall–Kier alpha value is -0.900. The van der Waals surface area contributed by atoms with Gasteiger partial charge in [-0.25, -0.2) is 12.8 Å². The SMILES string of the molecule is Cl.NC1CCN(S(=O)(=O)c2ccc(F)cc2C(F)(F)F)CC1. The molecule has 0 bridgehead atoms. The van der Waals surface area contributed by atoms with E-state index in [1.54, 1.807) is 0 Å². The average molecular weight is 363 g/mol. The standard InChI is InChI=1S/C12H14F4N2O2S.ClH/c13-8-1-2-11(10(7-8)12(14,15)16)21(19,20)18-5-3-9(17)4-6-18;/h1-2,7,9H,3-6,17H2;1H. The third-order valence-corrected chi connectivity index (χ3v) is 5.32. The van der Waals surface area contributed by atoms with Gasteiger partial charge in [0.2, 0.25) is 10.0 Å². The van der Waals surface area contributed by atoms with Crippen LogP contribution in [0.4, 0.5) is 17.6 Å². The van der Waals surface area contributed by atoms with Crippen molar-refractivity contribution >= 4 is 22.4 Å². The molecule has 0 aliphatic carbocycles. The Kier molecular flexibility index (Phi) is 5.82. The van der Waals surface area contributed by atoms with Gasteiger partial charge in [-0.15, -0.1) is 12.4 Å². The van der Waals surface area contributed by atoms with Crippen molar-refractivity contribution in [3.63, 3.8) is 0 Å². The summed E-state index contributed by atoms with van der Waals surface area (Å²) in [5.74, 6) is -1.14. The Morgan fingerprint density at radius 2 is 1.73 bits per heavy atom. The largest absolute Gasteiger partial charge is 0.417 e. The Bertz CT molecular complexity index is 629. The molecule has 0 unspecified atom stereocenters. The number of benzene rings is 1. The minimum absolute atomic E-state index is 0. The van der Waals surface area contributed by atoms with Crippen LogP contribution in [-0.2, 0) is 16.2 Å². The molecule has 1 heterocycles. The van der Waals surface area contributed by atoms with E-state index in [2.05, 4.69) is 0 Å². The molecule has 1 aromatic carbocycles. The van der Waals surface area contributed by atoms with Crippen LogP contribution in [0.3, 0.4) is 0 Å². The van der Waals surface area contributed by atoms with E-state index in [1.165, 1.54) is 0 Å². The third-order valence-electron chi connectivity index (χ3n) is 3.36. The van der Waals surface area contributed by atoms with Crippen LogP contribution in [0.15, 0.2) is 23.1 Å². The maximum Gasteiger partial charge on any atom is 0.417 e. The fourth-order valence-corrected chi connectivity index (χ4v) is 3.87. The highest BCUT2D eigenvalue weighted by Gasteiger charge is 2.40. The summed E-state index contributed by atoms with van der Waals surface area (Å²) in [5.41, 5.74) is 4.16. The van der Waals surface area contributed by atoms with Crippen molar-refractivity contribution in [3.8, 4) is 0 Å². The van der Waals surface area contributed by atoms with Crippen molar-refractivity contribution in [1.29, 1.82) is 0 Å². The molecule has 1 fully saturated rings. The first-order valence-corrected chi connectivity index (χ1v) is 7.69. The molecule has 0 spiro atoms. The van der Waals surface area contributed by atoms with Gasteiger partial charge in [-0.05, 0) is 31.0 Å². The first-order chi connectivity index (χ1) is 9.62. The third kappa shape index (κ3) is 3.89. The number of rotatable bonds is 2. The molecule has 1 aliphatic heterocycles. The molecule has 0 saturated carbocycles. The van der Waals surface area contributed by atoms with Crippen molar-refractivity contribution in [1.82, 2.24) is 4.31 Å². The van der Waals surface area contributed by atoms with Gasteiger partial charge in [0.1, 0.15) is 5.82 Å². The summed E-state index contributed by atoms with van der Waals surface area (Å²) in [4.78, 5) is -0.924. The predicted molar refractivity (Wildman–Crippen MR) is 74.6 cm³/mol. The lowest BCUT2D eigenvalue weighted by atomic mass is 10.1. The van der Waals surface area contributed by atoms with Gasteiger partial charge in [-0.3, -0.25) is 0 Å². The number of alkyl halides is 3. The molecule has 2 rings (SSSR count). The van der Waals surface area contributed by atoms with Crippen LogP contribution in [0, 0.1) is 5.82 Å². The van der Waals surface area contributed by atoms with E-state index in [4.69, 9.17) is 5.73 Å². The second-order valence-corrected chi connectivity index (χ2v) is 6.79. The average Bonchev–Trinajstić information content (AvgIpc) is 2.38. The molecular weight excluding hydrogens is 348 g/mol. The van der Waals surface area contributed by atoms with Gasteiger partial charge in [0.05, 0.1) is 10.5 Å². The van der Waals surface area contributed by atoms with Crippen LogP contribution in [0.25, 0.3) is 0 Å². The lowest BCUT2D eigenvalue weighted by molar-refractivity contribution is -0.140. The van der Waals surface area contributed by atoms with Crippen LogP contribution in [-0.4, -0.2) is 31.9 Å². The Morgan fingerprint density at radius 3 is 2.23 bits per heavy atom. The molecule has 0 aromatic heterocycles. The first-order valence-electron chi connectivity index (χ1n) is 6.25. The summed E-state index contributed by atoms with van der Waals surface area (Å²) in [5, 5.41) is 0. The van der Waals surface area contributed by atoms with Gasteiger partial charge in [0, 0.05) is 19.1 Å². The number of hydrogen-bond acceptors (Lipinski definition) is 3. The molecule has 1 aromatic rings. The van der Waals surface area contributed by atoms with Gasteiger partial charge in [0.15, 0.2) is 0 Å². The molecule has 0 radical (unpaired) electrons. The van der Waals surface area contributed by atoms with Crippen LogP contribution in [0.5, 0.6) is 0 Å². The summed E-state index contributed by atoms with van der Waals surface area (Å²) in [6.07, 6.45) is -4.19. The van der Waals surface area contributed by atoms with E-state index >= 15 is 0 Å². The summed E-state index contributed by atoms with van der Waals surface area (Å²) in [7, 11) is -4.32. The lowest BCUT2D eigenvalue weighted by Crippen LogP contribution is -2.43. The molecule has 10 heteroatoms. The number of nitrogens with zero attached hydrogens (tertiary/aromatic N) is 1. The van der Waals surface area contributed by atoms with Crippen molar-refractivity contribution in [2.45, 2.75) is 30.0 Å². The van der Waals surface area contributed by atoms with E-state index in [-0.39, 0.29) is 37.6 Å². The Morgan fingerprint density at radius 1 is 1.18 bits per heavy atom. The summed E-state index contributed by atoms with van der Waals surface area (Å²) in [6, 6.07) is 1.40. The van der Waals surface area contributed by atoms with Crippen molar-refractivity contribution in [2.75, 3.05) is 13.1 Å². The molecule has 2 N–H and O–H groups in total. The van der Waals surface area contributed by atoms with E-state index in [1.807, 2.05) is 0 Å². The minimum Gasteiger partial charge on any atom is -0.328 e. The second-order valence-electron chi connectivity index (χ2n) is 4.88.